The van der Waals surface area contributed by atoms with Crippen molar-refractivity contribution < 1.29 is 35.9 Å². The minimum absolute atomic E-state index is 0.0805. The van der Waals surface area contributed by atoms with E-state index in [1.54, 1.807) is 0 Å². The van der Waals surface area contributed by atoms with Crippen molar-refractivity contribution in [1.82, 2.24) is 9.88 Å². The van der Waals surface area contributed by atoms with Gasteiger partial charge in [-0.2, -0.15) is 26.3 Å². The van der Waals surface area contributed by atoms with Gasteiger partial charge in [0.2, 0.25) is 0 Å². The van der Waals surface area contributed by atoms with Crippen LogP contribution in [-0.4, -0.2) is 53.8 Å². The molecule has 0 amide bonds. The maximum Gasteiger partial charge on any atom is 0.425 e. The predicted molar refractivity (Wildman–Crippen MR) is 117 cm³/mol. The normalized spacial score (nSPS) is 23.3. The topological polar surface area (TPSA) is 42.4 Å². The van der Waals surface area contributed by atoms with Crippen LogP contribution in [0.4, 0.5) is 26.3 Å². The molecule has 34 heavy (non-hydrogen) atoms. The first-order valence-electron chi connectivity index (χ1n) is 11.9. The molecule has 0 spiro atoms. The second-order valence-electron chi connectivity index (χ2n) is 9.53. The second-order valence-corrected chi connectivity index (χ2v) is 10.6. The van der Waals surface area contributed by atoms with Crippen LogP contribution in [0.25, 0.3) is 0 Å². The lowest BCUT2D eigenvalue weighted by atomic mass is 9.78. The number of Topliss-reactive ketones (excluding diaryl/α,β-unsaturated/α-hetero) is 1. The van der Waals surface area contributed by atoms with Gasteiger partial charge in [-0.3, -0.25) is 4.79 Å². The molecule has 0 aromatic carbocycles. The van der Waals surface area contributed by atoms with Crippen molar-refractivity contribution in [3.8, 4) is 5.19 Å². The highest BCUT2D eigenvalue weighted by Gasteiger charge is 2.39. The molecule has 1 unspecified atom stereocenters. The Kier molecular flexibility index (Phi) is 9.28. The third-order valence-electron chi connectivity index (χ3n) is 6.84. The van der Waals surface area contributed by atoms with Crippen LogP contribution in [0.1, 0.15) is 68.9 Å². The summed E-state index contributed by atoms with van der Waals surface area (Å²) in [5, 5.41) is 0.0805. The van der Waals surface area contributed by atoms with Crippen LogP contribution < -0.4 is 4.74 Å². The van der Waals surface area contributed by atoms with Crippen molar-refractivity contribution in [2.45, 2.75) is 89.6 Å². The first-order chi connectivity index (χ1) is 15.9. The molecule has 0 saturated heterocycles. The zero-order chi connectivity index (χ0) is 24.9. The molecule has 11 heteroatoms. The predicted octanol–water partition coefficient (Wildman–Crippen LogP) is 6.37. The fourth-order valence-corrected chi connectivity index (χ4v) is 5.69. The Morgan fingerprint density at radius 1 is 1.09 bits per heavy atom. The average molecular weight is 515 g/mol. The third kappa shape index (κ3) is 8.70. The van der Waals surface area contributed by atoms with E-state index in [4.69, 9.17) is 4.74 Å². The number of ether oxygens (including phenoxy) is 1. The van der Waals surface area contributed by atoms with Gasteiger partial charge < -0.3 is 9.64 Å². The molecular formula is C23H32F6N2O2S. The second kappa shape index (κ2) is 11.6. The number of fused-ring (bicyclic) bond motifs is 1. The molecular weight excluding hydrogens is 482 g/mol. The van der Waals surface area contributed by atoms with Crippen molar-refractivity contribution in [2.24, 2.45) is 11.8 Å². The van der Waals surface area contributed by atoms with E-state index in [9.17, 15) is 31.1 Å². The minimum atomic E-state index is -4.42. The number of ketones is 1. The Hall–Kier alpha value is -1.36. The Morgan fingerprint density at radius 3 is 2.38 bits per heavy atom. The number of carbonyl (C=O) groups is 1. The maximum absolute atomic E-state index is 12.7. The van der Waals surface area contributed by atoms with Crippen molar-refractivity contribution in [3.05, 3.63) is 10.6 Å². The van der Waals surface area contributed by atoms with Crippen molar-refractivity contribution >= 4 is 17.1 Å². The monoisotopic (exact) mass is 514 g/mol. The number of nitrogens with zero attached hydrogens (tertiary/aromatic N) is 2. The number of rotatable bonds is 9. The summed E-state index contributed by atoms with van der Waals surface area (Å²) in [4.78, 5) is 19.5. The van der Waals surface area contributed by atoms with Gasteiger partial charge in [0, 0.05) is 37.2 Å². The molecule has 1 aliphatic heterocycles. The highest BCUT2D eigenvalue weighted by molar-refractivity contribution is 7.13. The highest BCUT2D eigenvalue weighted by atomic mass is 32.1. The van der Waals surface area contributed by atoms with Crippen LogP contribution in [0.3, 0.4) is 0 Å². The lowest BCUT2D eigenvalue weighted by Crippen LogP contribution is -2.31. The van der Waals surface area contributed by atoms with Gasteiger partial charge in [0.05, 0.1) is 12.1 Å². The van der Waals surface area contributed by atoms with Crippen LogP contribution in [0.2, 0.25) is 0 Å². The quantitative estimate of drug-likeness (QED) is 0.359. The summed E-state index contributed by atoms with van der Waals surface area (Å²) < 4.78 is 79.9. The number of halogens is 6. The number of carbonyl (C=O) groups excluding carboxylic acids is 1. The molecule has 1 aromatic rings. The van der Waals surface area contributed by atoms with Gasteiger partial charge in [-0.15, -0.1) is 0 Å². The van der Waals surface area contributed by atoms with Crippen LogP contribution >= 0.6 is 11.3 Å². The standard InChI is InChI=1S/C23H32F6N2O2S/c1-15(23(27,28)29)33-21-30-19-8-12-31(13-9-20(19)34-21)11-7-16-2-4-17(5-3-16)14-18(32)6-10-22(24,25)26/h15-17H,2-14H2,1H3. The zero-order valence-corrected chi connectivity index (χ0v) is 20.1. The number of hydrogen-bond acceptors (Lipinski definition) is 5. The molecule has 1 saturated carbocycles. The molecule has 2 aliphatic rings. The van der Waals surface area contributed by atoms with Gasteiger partial charge in [-0.25, -0.2) is 4.98 Å². The lowest BCUT2D eigenvalue weighted by molar-refractivity contribution is -0.189. The largest absolute Gasteiger partial charge is 0.457 e. The summed E-state index contributed by atoms with van der Waals surface area (Å²) in [6, 6.07) is 0. The maximum atomic E-state index is 12.7. The van der Waals surface area contributed by atoms with Gasteiger partial charge in [-0.1, -0.05) is 24.2 Å². The minimum Gasteiger partial charge on any atom is -0.457 e. The molecule has 1 aromatic heterocycles. The smallest absolute Gasteiger partial charge is 0.425 e. The SMILES string of the molecule is CC(Oc1nc2c(s1)CCN(CCC1CCC(CC(=O)CCC(F)(F)F)CC1)CC2)C(F)(F)F. The highest BCUT2D eigenvalue weighted by Crippen LogP contribution is 2.35. The summed E-state index contributed by atoms with van der Waals surface area (Å²) in [5.74, 6) is 0.474. The summed E-state index contributed by atoms with van der Waals surface area (Å²) in [7, 11) is 0. The molecule has 194 valence electrons. The van der Waals surface area contributed by atoms with Crippen molar-refractivity contribution in [2.75, 3.05) is 19.6 Å². The fourth-order valence-electron chi connectivity index (χ4n) is 4.67. The average Bonchev–Trinajstić information content (AvgIpc) is 3.03. The van der Waals surface area contributed by atoms with E-state index in [1.807, 2.05) is 0 Å². The summed E-state index contributed by atoms with van der Waals surface area (Å²) in [6.07, 6.45) is -5.51. The van der Waals surface area contributed by atoms with Gasteiger partial charge in [0.1, 0.15) is 5.78 Å². The van der Waals surface area contributed by atoms with Gasteiger partial charge in [0.25, 0.3) is 5.19 Å². The molecule has 1 aliphatic carbocycles. The number of hydrogen-bond donors (Lipinski definition) is 0. The third-order valence-corrected chi connectivity index (χ3v) is 7.89. The zero-order valence-electron chi connectivity index (χ0n) is 19.3. The van der Waals surface area contributed by atoms with Gasteiger partial charge >= 0.3 is 12.4 Å². The van der Waals surface area contributed by atoms with Crippen LogP contribution in [-0.2, 0) is 17.6 Å². The Morgan fingerprint density at radius 2 is 1.74 bits per heavy atom. The van der Waals surface area contributed by atoms with E-state index in [2.05, 4.69) is 9.88 Å². The molecule has 0 bridgehead atoms. The van der Waals surface area contributed by atoms with E-state index in [0.717, 1.165) is 75.7 Å². The van der Waals surface area contributed by atoms with E-state index in [0.29, 0.717) is 12.3 Å². The molecule has 1 fully saturated rings. The first kappa shape index (κ1) is 27.2. The summed E-state index contributed by atoms with van der Waals surface area (Å²) in [6.45, 7) is 3.54. The molecule has 0 N–H and O–H groups in total. The Labute approximate surface area is 200 Å². The van der Waals surface area contributed by atoms with Crippen LogP contribution in [0.15, 0.2) is 0 Å². The number of aromatic nitrogens is 1. The lowest BCUT2D eigenvalue weighted by Gasteiger charge is -2.30. The van der Waals surface area contributed by atoms with E-state index in [-0.39, 0.29) is 23.3 Å². The summed E-state index contributed by atoms with van der Waals surface area (Å²) >= 11 is 1.20. The van der Waals surface area contributed by atoms with Crippen LogP contribution in [0.5, 0.6) is 5.19 Å². The molecule has 0 radical (unpaired) electrons. The molecule has 3 rings (SSSR count). The molecule has 1 atom stereocenters. The molecule has 2 heterocycles. The van der Waals surface area contributed by atoms with E-state index < -0.39 is 31.3 Å². The van der Waals surface area contributed by atoms with Gasteiger partial charge in [-0.05, 0) is 51.0 Å². The number of alkyl halides is 6. The van der Waals surface area contributed by atoms with Crippen LogP contribution in [0, 0.1) is 11.8 Å². The van der Waals surface area contributed by atoms with Gasteiger partial charge in [0.15, 0.2) is 6.10 Å². The number of thiazole rings is 1. The first-order valence-corrected chi connectivity index (χ1v) is 12.7. The summed E-state index contributed by atoms with van der Waals surface area (Å²) in [5.41, 5.74) is 0.826. The molecule has 4 nitrogen and oxygen atoms in total. The fraction of sp³-hybridized carbons (Fsp3) is 0.826. The van der Waals surface area contributed by atoms with Crippen molar-refractivity contribution in [1.29, 1.82) is 0 Å². The Balaban J connectivity index is 1.35. The van der Waals surface area contributed by atoms with E-state index >= 15 is 0 Å². The Bertz CT molecular complexity index is 777. The van der Waals surface area contributed by atoms with E-state index in [1.165, 1.54) is 11.3 Å². The van der Waals surface area contributed by atoms with Crippen molar-refractivity contribution in [3.63, 3.8) is 0 Å².